The summed E-state index contributed by atoms with van der Waals surface area (Å²) in [4.78, 5) is 19.0. The van der Waals surface area contributed by atoms with E-state index in [4.69, 9.17) is 0 Å². The standard InChI is InChI=1S/C17H21N3OS.2ClH/c1-13-11-18-7-8-20(13)17(21)10-15-12-22-16(19-15)9-14-5-3-2-4-6-14;;/h2-6,12-13,18H,7-11H2,1H3;2*1H/t13-;;/m1../s1. The average molecular weight is 388 g/mol. The Morgan fingerprint density at radius 1 is 1.33 bits per heavy atom. The number of aromatic nitrogens is 1. The van der Waals surface area contributed by atoms with Gasteiger partial charge in [0.1, 0.15) is 0 Å². The molecule has 1 aromatic carbocycles. The van der Waals surface area contributed by atoms with E-state index < -0.39 is 0 Å². The van der Waals surface area contributed by atoms with Crippen LogP contribution in [0.5, 0.6) is 0 Å². The monoisotopic (exact) mass is 387 g/mol. The van der Waals surface area contributed by atoms with Crippen LogP contribution in [0.2, 0.25) is 0 Å². The molecule has 0 radical (unpaired) electrons. The molecule has 1 aromatic heterocycles. The average Bonchev–Trinajstić information content (AvgIpc) is 2.95. The van der Waals surface area contributed by atoms with Gasteiger partial charge < -0.3 is 10.2 Å². The first kappa shape index (κ1) is 20.9. The van der Waals surface area contributed by atoms with Gasteiger partial charge in [-0.05, 0) is 12.5 Å². The number of rotatable bonds is 4. The highest BCUT2D eigenvalue weighted by molar-refractivity contribution is 7.09. The molecule has 1 aliphatic rings. The Morgan fingerprint density at radius 3 is 2.79 bits per heavy atom. The zero-order valence-electron chi connectivity index (χ0n) is 13.6. The van der Waals surface area contributed by atoms with Gasteiger partial charge in [-0.2, -0.15) is 0 Å². The van der Waals surface area contributed by atoms with Gasteiger partial charge in [-0.1, -0.05) is 30.3 Å². The second-order valence-electron chi connectivity index (χ2n) is 5.71. The van der Waals surface area contributed by atoms with Gasteiger partial charge in [0.05, 0.1) is 17.1 Å². The van der Waals surface area contributed by atoms with E-state index in [2.05, 4.69) is 29.4 Å². The molecule has 2 heterocycles. The highest BCUT2D eigenvalue weighted by Crippen LogP contribution is 2.16. The van der Waals surface area contributed by atoms with E-state index in [1.165, 1.54) is 5.56 Å². The number of amides is 1. The van der Waals surface area contributed by atoms with Crippen LogP contribution in [0, 0.1) is 0 Å². The normalized spacial score (nSPS) is 16.9. The number of halogens is 2. The lowest BCUT2D eigenvalue weighted by molar-refractivity contribution is -0.133. The quantitative estimate of drug-likeness (QED) is 0.876. The third-order valence-corrected chi connectivity index (χ3v) is 4.85. The number of hydrogen-bond acceptors (Lipinski definition) is 4. The van der Waals surface area contributed by atoms with Gasteiger partial charge in [0.2, 0.25) is 5.91 Å². The number of carbonyl (C=O) groups is 1. The molecule has 1 fully saturated rings. The Morgan fingerprint density at radius 2 is 2.08 bits per heavy atom. The van der Waals surface area contributed by atoms with Crippen LogP contribution in [0.4, 0.5) is 0 Å². The third kappa shape index (κ3) is 5.45. The van der Waals surface area contributed by atoms with Crippen LogP contribution >= 0.6 is 36.2 Å². The van der Waals surface area contributed by atoms with Gasteiger partial charge in [-0.3, -0.25) is 4.79 Å². The fourth-order valence-electron chi connectivity index (χ4n) is 2.75. The van der Waals surface area contributed by atoms with Gasteiger partial charge in [0, 0.05) is 37.5 Å². The Hall–Kier alpha value is -1.14. The minimum Gasteiger partial charge on any atom is -0.337 e. The van der Waals surface area contributed by atoms with Crippen LogP contribution < -0.4 is 5.32 Å². The summed E-state index contributed by atoms with van der Waals surface area (Å²) in [6, 6.07) is 10.6. The van der Waals surface area contributed by atoms with E-state index in [1.54, 1.807) is 11.3 Å². The lowest BCUT2D eigenvalue weighted by Crippen LogP contribution is -2.52. The number of hydrogen-bond donors (Lipinski definition) is 1. The molecule has 0 bridgehead atoms. The molecule has 1 aliphatic heterocycles. The maximum atomic E-state index is 12.4. The number of benzene rings is 1. The predicted molar refractivity (Wildman–Crippen MR) is 104 cm³/mol. The number of thiazole rings is 1. The lowest BCUT2D eigenvalue weighted by Gasteiger charge is -2.33. The van der Waals surface area contributed by atoms with Crippen molar-refractivity contribution < 1.29 is 4.79 Å². The molecule has 2 aromatic rings. The summed E-state index contributed by atoms with van der Waals surface area (Å²) in [6.45, 7) is 4.64. The summed E-state index contributed by atoms with van der Waals surface area (Å²) in [5.74, 6) is 0.186. The molecule has 1 atom stereocenters. The maximum absolute atomic E-state index is 12.4. The number of carbonyl (C=O) groups excluding carboxylic acids is 1. The fraction of sp³-hybridized carbons (Fsp3) is 0.412. The zero-order valence-corrected chi connectivity index (χ0v) is 16.1. The zero-order chi connectivity index (χ0) is 15.4. The van der Waals surface area contributed by atoms with Crippen molar-refractivity contribution in [2.75, 3.05) is 19.6 Å². The first-order valence-electron chi connectivity index (χ1n) is 7.70. The van der Waals surface area contributed by atoms with Gasteiger partial charge in [-0.15, -0.1) is 36.2 Å². The molecule has 0 unspecified atom stereocenters. The van der Waals surface area contributed by atoms with Crippen molar-refractivity contribution in [3.05, 3.63) is 52.0 Å². The molecular weight excluding hydrogens is 365 g/mol. The SMILES string of the molecule is C[C@@H]1CNCCN1C(=O)Cc1csc(Cc2ccccc2)n1.Cl.Cl. The van der Waals surface area contributed by atoms with Crippen LogP contribution in [0.1, 0.15) is 23.2 Å². The van der Waals surface area contributed by atoms with E-state index in [0.29, 0.717) is 6.42 Å². The molecule has 0 saturated carbocycles. The summed E-state index contributed by atoms with van der Waals surface area (Å²) in [7, 11) is 0. The molecule has 4 nitrogen and oxygen atoms in total. The maximum Gasteiger partial charge on any atom is 0.228 e. The van der Waals surface area contributed by atoms with Crippen molar-refractivity contribution in [3.63, 3.8) is 0 Å². The number of nitrogens with zero attached hydrogens (tertiary/aromatic N) is 2. The van der Waals surface area contributed by atoms with Crippen LogP contribution in [-0.2, 0) is 17.6 Å². The first-order valence-corrected chi connectivity index (χ1v) is 8.58. The highest BCUT2D eigenvalue weighted by atomic mass is 35.5. The smallest absolute Gasteiger partial charge is 0.228 e. The predicted octanol–water partition coefficient (Wildman–Crippen LogP) is 2.94. The van der Waals surface area contributed by atoms with Crippen molar-refractivity contribution in [1.82, 2.24) is 15.2 Å². The topological polar surface area (TPSA) is 45.2 Å². The van der Waals surface area contributed by atoms with Crippen molar-refractivity contribution in [2.45, 2.75) is 25.8 Å². The minimum atomic E-state index is 0. The molecule has 1 N–H and O–H groups in total. The third-order valence-electron chi connectivity index (χ3n) is 3.95. The van der Waals surface area contributed by atoms with Crippen molar-refractivity contribution in [2.24, 2.45) is 0 Å². The first-order chi connectivity index (χ1) is 10.7. The largest absolute Gasteiger partial charge is 0.337 e. The Labute approximate surface area is 159 Å². The van der Waals surface area contributed by atoms with Gasteiger partial charge in [0.15, 0.2) is 0 Å². The molecule has 1 saturated heterocycles. The van der Waals surface area contributed by atoms with E-state index in [0.717, 1.165) is 36.8 Å². The van der Waals surface area contributed by atoms with Crippen molar-refractivity contribution in [3.8, 4) is 0 Å². The van der Waals surface area contributed by atoms with Crippen LogP contribution in [0.3, 0.4) is 0 Å². The summed E-state index contributed by atoms with van der Waals surface area (Å²) < 4.78 is 0. The molecule has 7 heteroatoms. The highest BCUT2D eigenvalue weighted by Gasteiger charge is 2.23. The second kappa shape index (κ2) is 9.99. The van der Waals surface area contributed by atoms with Crippen LogP contribution in [0.15, 0.2) is 35.7 Å². The van der Waals surface area contributed by atoms with Crippen LogP contribution in [0.25, 0.3) is 0 Å². The summed E-state index contributed by atoms with van der Waals surface area (Å²) in [5, 5.41) is 6.40. The summed E-state index contributed by atoms with van der Waals surface area (Å²) in [6.07, 6.45) is 1.25. The van der Waals surface area contributed by atoms with E-state index in [1.807, 2.05) is 28.5 Å². The Bertz CT molecular complexity index is 636. The molecular formula is C17H23Cl2N3OS. The summed E-state index contributed by atoms with van der Waals surface area (Å²) >= 11 is 1.64. The van der Waals surface area contributed by atoms with E-state index in [9.17, 15) is 4.79 Å². The van der Waals surface area contributed by atoms with Crippen LogP contribution in [-0.4, -0.2) is 41.5 Å². The lowest BCUT2D eigenvalue weighted by atomic mass is 10.1. The Kier molecular flexibility index (Phi) is 8.70. The van der Waals surface area contributed by atoms with Gasteiger partial charge in [-0.25, -0.2) is 4.98 Å². The fourth-order valence-corrected chi connectivity index (χ4v) is 3.58. The van der Waals surface area contributed by atoms with Crippen molar-refractivity contribution >= 4 is 42.1 Å². The van der Waals surface area contributed by atoms with Crippen molar-refractivity contribution in [1.29, 1.82) is 0 Å². The molecule has 0 spiro atoms. The number of nitrogens with one attached hydrogen (secondary N) is 1. The Balaban J connectivity index is 0.00000144. The van der Waals surface area contributed by atoms with Gasteiger partial charge in [0.25, 0.3) is 0 Å². The number of piperazine rings is 1. The molecule has 132 valence electrons. The molecule has 0 aliphatic carbocycles. The van der Waals surface area contributed by atoms with E-state index in [-0.39, 0.29) is 36.8 Å². The second-order valence-corrected chi connectivity index (χ2v) is 6.65. The van der Waals surface area contributed by atoms with Gasteiger partial charge >= 0.3 is 0 Å². The molecule has 1 amide bonds. The molecule has 3 rings (SSSR count). The van der Waals surface area contributed by atoms with E-state index >= 15 is 0 Å². The minimum absolute atomic E-state index is 0. The molecule has 24 heavy (non-hydrogen) atoms. The summed E-state index contributed by atoms with van der Waals surface area (Å²) in [5.41, 5.74) is 2.15.